The van der Waals surface area contributed by atoms with Gasteiger partial charge in [-0.1, -0.05) is 13.8 Å². The largest absolute Gasteiger partial charge is 0.315 e. The van der Waals surface area contributed by atoms with Crippen molar-refractivity contribution in [1.82, 2.24) is 10.6 Å². The zero-order valence-corrected chi connectivity index (χ0v) is 10.3. The molecular formula is C11H26N2. The molecule has 0 aromatic heterocycles. The van der Waals surface area contributed by atoms with E-state index in [0.29, 0.717) is 6.04 Å². The first-order chi connectivity index (χ1) is 5.68. The fourth-order valence-electron chi connectivity index (χ4n) is 2.03. The summed E-state index contributed by atoms with van der Waals surface area (Å²) in [6, 6.07) is 0.544. The average molecular weight is 186 g/mol. The van der Waals surface area contributed by atoms with Crippen molar-refractivity contribution < 1.29 is 0 Å². The Hall–Kier alpha value is -0.0800. The smallest absolute Gasteiger partial charge is 0.0144 e. The number of rotatable bonds is 5. The van der Waals surface area contributed by atoms with Crippen LogP contribution in [0.1, 0.15) is 48.0 Å². The zero-order valence-electron chi connectivity index (χ0n) is 10.3. The lowest BCUT2D eigenvalue weighted by atomic mass is 9.86. The Morgan fingerprint density at radius 2 is 1.46 bits per heavy atom. The minimum absolute atomic E-state index is 0.195. The maximum absolute atomic E-state index is 3.57. The first-order valence-corrected chi connectivity index (χ1v) is 5.15. The molecule has 80 valence electrons. The first-order valence-electron chi connectivity index (χ1n) is 5.15. The highest BCUT2D eigenvalue weighted by atomic mass is 15.0. The molecule has 2 N–H and O–H groups in total. The van der Waals surface area contributed by atoms with E-state index in [1.54, 1.807) is 0 Å². The minimum Gasteiger partial charge on any atom is -0.315 e. The summed E-state index contributed by atoms with van der Waals surface area (Å²) >= 11 is 0. The van der Waals surface area contributed by atoms with Gasteiger partial charge in [0.2, 0.25) is 0 Å². The Balaban J connectivity index is 4.16. The van der Waals surface area contributed by atoms with Crippen LogP contribution < -0.4 is 10.6 Å². The summed E-state index contributed by atoms with van der Waals surface area (Å²) in [6.45, 7) is 13.4. The lowest BCUT2D eigenvalue weighted by Crippen LogP contribution is -2.51. The van der Waals surface area contributed by atoms with Gasteiger partial charge in [-0.2, -0.15) is 0 Å². The summed E-state index contributed by atoms with van der Waals surface area (Å²) in [5, 5.41) is 6.90. The van der Waals surface area contributed by atoms with Crippen molar-refractivity contribution in [2.45, 2.75) is 65.1 Å². The van der Waals surface area contributed by atoms with Gasteiger partial charge in [-0.15, -0.1) is 0 Å². The maximum Gasteiger partial charge on any atom is 0.0144 e. The van der Waals surface area contributed by atoms with E-state index in [2.05, 4.69) is 52.2 Å². The number of hydrogen-bond acceptors (Lipinski definition) is 2. The average Bonchev–Trinajstić information content (AvgIpc) is 1.81. The van der Waals surface area contributed by atoms with E-state index < -0.39 is 0 Å². The summed E-state index contributed by atoms with van der Waals surface area (Å²) in [4.78, 5) is 0. The highest BCUT2D eigenvalue weighted by molar-refractivity contribution is 4.89. The molecule has 0 saturated heterocycles. The molecule has 0 aliphatic carbocycles. The molecule has 0 atom stereocenters. The predicted octanol–water partition coefficient (Wildman–Crippen LogP) is 2.15. The van der Waals surface area contributed by atoms with Crippen LogP contribution in [-0.4, -0.2) is 24.2 Å². The third kappa shape index (κ3) is 6.05. The van der Waals surface area contributed by atoms with E-state index in [1.807, 2.05) is 7.05 Å². The third-order valence-corrected chi connectivity index (χ3v) is 2.24. The molecule has 0 bridgehead atoms. The van der Waals surface area contributed by atoms with Gasteiger partial charge in [0, 0.05) is 17.1 Å². The van der Waals surface area contributed by atoms with Crippen molar-refractivity contribution in [1.29, 1.82) is 0 Å². The summed E-state index contributed by atoms with van der Waals surface area (Å²) in [5.41, 5.74) is 0.395. The molecule has 2 nitrogen and oxygen atoms in total. The lowest BCUT2D eigenvalue weighted by molar-refractivity contribution is 0.247. The van der Waals surface area contributed by atoms with Gasteiger partial charge >= 0.3 is 0 Å². The van der Waals surface area contributed by atoms with Crippen molar-refractivity contribution in [2.24, 2.45) is 0 Å². The van der Waals surface area contributed by atoms with E-state index >= 15 is 0 Å². The van der Waals surface area contributed by atoms with E-state index in [4.69, 9.17) is 0 Å². The van der Waals surface area contributed by atoms with Gasteiger partial charge in [0.15, 0.2) is 0 Å². The molecule has 13 heavy (non-hydrogen) atoms. The molecule has 0 spiro atoms. The molecule has 0 amide bonds. The SMILES string of the molecule is CNC(C)(C)CC(C)(C)NC(C)C. The highest BCUT2D eigenvalue weighted by Gasteiger charge is 2.27. The van der Waals surface area contributed by atoms with Crippen LogP contribution in [0, 0.1) is 0 Å². The Bertz CT molecular complexity index is 148. The van der Waals surface area contributed by atoms with Crippen LogP contribution in [0.5, 0.6) is 0 Å². The Morgan fingerprint density at radius 1 is 1.00 bits per heavy atom. The normalized spacial score (nSPS) is 13.8. The van der Waals surface area contributed by atoms with Crippen molar-refractivity contribution in [2.75, 3.05) is 7.05 Å². The molecule has 0 unspecified atom stereocenters. The monoisotopic (exact) mass is 186 g/mol. The Morgan fingerprint density at radius 3 is 1.77 bits per heavy atom. The standard InChI is InChI=1S/C11H26N2/c1-9(2)13-11(5,6)8-10(3,4)12-7/h9,12-13H,8H2,1-7H3. The summed E-state index contributed by atoms with van der Waals surface area (Å²) in [6.07, 6.45) is 1.12. The van der Waals surface area contributed by atoms with Crippen LogP contribution in [0.4, 0.5) is 0 Å². The molecule has 0 rings (SSSR count). The second-order valence-corrected chi connectivity index (χ2v) is 5.49. The third-order valence-electron chi connectivity index (χ3n) is 2.24. The first kappa shape index (κ1) is 12.9. The quantitative estimate of drug-likeness (QED) is 0.687. The van der Waals surface area contributed by atoms with E-state index in [9.17, 15) is 0 Å². The fourth-order valence-corrected chi connectivity index (χ4v) is 2.03. The van der Waals surface area contributed by atoms with Crippen LogP contribution >= 0.6 is 0 Å². The molecule has 0 aliphatic rings. The van der Waals surface area contributed by atoms with Crippen LogP contribution in [-0.2, 0) is 0 Å². The second-order valence-electron chi connectivity index (χ2n) is 5.49. The molecule has 0 saturated carbocycles. The van der Waals surface area contributed by atoms with Crippen molar-refractivity contribution >= 4 is 0 Å². The molecule has 0 fully saturated rings. The summed E-state index contributed by atoms with van der Waals surface area (Å²) < 4.78 is 0. The fraction of sp³-hybridized carbons (Fsp3) is 1.00. The molecule has 2 heteroatoms. The van der Waals surface area contributed by atoms with Gasteiger partial charge in [-0.25, -0.2) is 0 Å². The van der Waals surface area contributed by atoms with Gasteiger partial charge in [0.05, 0.1) is 0 Å². The van der Waals surface area contributed by atoms with E-state index in [0.717, 1.165) is 6.42 Å². The molecular weight excluding hydrogens is 160 g/mol. The highest BCUT2D eigenvalue weighted by Crippen LogP contribution is 2.19. The lowest BCUT2D eigenvalue weighted by Gasteiger charge is -2.37. The number of hydrogen-bond donors (Lipinski definition) is 2. The number of nitrogens with one attached hydrogen (secondary N) is 2. The van der Waals surface area contributed by atoms with Crippen molar-refractivity contribution in [3.63, 3.8) is 0 Å². The topological polar surface area (TPSA) is 24.1 Å². The molecule has 0 aromatic rings. The molecule has 0 aromatic carbocycles. The Labute approximate surface area is 83.5 Å². The van der Waals surface area contributed by atoms with Crippen LogP contribution in [0.25, 0.3) is 0 Å². The van der Waals surface area contributed by atoms with Gasteiger partial charge in [-0.05, 0) is 41.2 Å². The van der Waals surface area contributed by atoms with E-state index in [-0.39, 0.29) is 11.1 Å². The van der Waals surface area contributed by atoms with Crippen molar-refractivity contribution in [3.05, 3.63) is 0 Å². The van der Waals surface area contributed by atoms with Crippen LogP contribution in [0.3, 0.4) is 0 Å². The molecule has 0 radical (unpaired) electrons. The zero-order chi connectivity index (χ0) is 10.7. The molecule has 0 heterocycles. The van der Waals surface area contributed by atoms with Gasteiger partial charge < -0.3 is 10.6 Å². The second kappa shape index (κ2) is 4.43. The van der Waals surface area contributed by atoms with Crippen molar-refractivity contribution in [3.8, 4) is 0 Å². The van der Waals surface area contributed by atoms with Gasteiger partial charge in [-0.3, -0.25) is 0 Å². The summed E-state index contributed by atoms with van der Waals surface area (Å²) in [7, 11) is 2.02. The van der Waals surface area contributed by atoms with E-state index in [1.165, 1.54) is 0 Å². The summed E-state index contributed by atoms with van der Waals surface area (Å²) in [5.74, 6) is 0. The molecule has 0 aliphatic heterocycles. The maximum atomic E-state index is 3.57. The van der Waals surface area contributed by atoms with Gasteiger partial charge in [0.1, 0.15) is 0 Å². The van der Waals surface area contributed by atoms with Crippen LogP contribution in [0.2, 0.25) is 0 Å². The minimum atomic E-state index is 0.195. The van der Waals surface area contributed by atoms with Gasteiger partial charge in [0.25, 0.3) is 0 Å². The Kier molecular flexibility index (Phi) is 4.40. The predicted molar refractivity (Wildman–Crippen MR) is 60.1 cm³/mol. The van der Waals surface area contributed by atoms with Crippen LogP contribution in [0.15, 0.2) is 0 Å².